The van der Waals surface area contributed by atoms with E-state index >= 15 is 0 Å². The molecule has 188 valence electrons. The molecule has 36 heavy (non-hydrogen) atoms. The molecule has 2 aromatic carbocycles. The lowest BCUT2D eigenvalue weighted by molar-refractivity contribution is 0.0776. The summed E-state index contributed by atoms with van der Waals surface area (Å²) in [5.41, 5.74) is 1.35. The van der Waals surface area contributed by atoms with E-state index < -0.39 is 17.4 Å². The van der Waals surface area contributed by atoms with Gasteiger partial charge in [0, 0.05) is 32.0 Å². The first-order chi connectivity index (χ1) is 17.3. The zero-order chi connectivity index (χ0) is 25.7. The number of hydrogen-bond acceptors (Lipinski definition) is 3. The molecule has 0 aliphatic heterocycles. The van der Waals surface area contributed by atoms with E-state index in [4.69, 9.17) is 0 Å². The number of carbonyl (C=O) groups excluding carboxylic acids is 2. The highest BCUT2D eigenvalue weighted by molar-refractivity contribution is 5.99. The average Bonchev–Trinajstić information content (AvgIpc) is 3.42. The maximum atomic E-state index is 13.7. The number of benzene rings is 2. The largest absolute Gasteiger partial charge is 0.349 e. The SMILES string of the molecule is CC(C)CN(C)C(=O)c1cn(C2CCCC2)cc(C(=O)NC(c2ccccc2)c2ccccc2)c1=O. The van der Waals surface area contributed by atoms with Crippen molar-refractivity contribution >= 4 is 11.8 Å². The molecule has 2 amide bonds. The van der Waals surface area contributed by atoms with Gasteiger partial charge >= 0.3 is 0 Å². The van der Waals surface area contributed by atoms with Gasteiger partial charge in [0.25, 0.3) is 11.8 Å². The molecule has 6 heteroatoms. The fourth-order valence-electron chi connectivity index (χ4n) is 5.02. The lowest BCUT2D eigenvalue weighted by atomic mass is 9.98. The van der Waals surface area contributed by atoms with E-state index in [-0.39, 0.29) is 29.0 Å². The molecule has 1 saturated carbocycles. The second-order valence-corrected chi connectivity index (χ2v) is 10.1. The third kappa shape index (κ3) is 5.76. The quantitative estimate of drug-likeness (QED) is 0.476. The summed E-state index contributed by atoms with van der Waals surface area (Å²) >= 11 is 0. The fraction of sp³-hybridized carbons (Fsp3) is 0.367. The van der Waals surface area contributed by atoms with Crippen molar-refractivity contribution in [2.24, 2.45) is 5.92 Å². The number of hydrogen-bond donors (Lipinski definition) is 1. The Bertz CT molecular complexity index is 1210. The van der Waals surface area contributed by atoms with Gasteiger partial charge in [0.15, 0.2) is 0 Å². The van der Waals surface area contributed by atoms with E-state index in [2.05, 4.69) is 5.32 Å². The Hall–Kier alpha value is -3.67. The molecule has 0 spiro atoms. The fourth-order valence-corrected chi connectivity index (χ4v) is 5.02. The highest BCUT2D eigenvalue weighted by atomic mass is 16.2. The zero-order valence-corrected chi connectivity index (χ0v) is 21.3. The van der Waals surface area contributed by atoms with Crippen LogP contribution in [-0.2, 0) is 0 Å². The van der Waals surface area contributed by atoms with Crippen LogP contribution in [0.5, 0.6) is 0 Å². The van der Waals surface area contributed by atoms with E-state index in [0.29, 0.717) is 6.54 Å². The van der Waals surface area contributed by atoms with Crippen molar-refractivity contribution in [1.29, 1.82) is 0 Å². The number of carbonyl (C=O) groups is 2. The van der Waals surface area contributed by atoms with Crippen LogP contribution < -0.4 is 10.7 Å². The van der Waals surface area contributed by atoms with Gasteiger partial charge in [-0.15, -0.1) is 0 Å². The molecule has 0 radical (unpaired) electrons. The summed E-state index contributed by atoms with van der Waals surface area (Å²) in [4.78, 5) is 42.1. The molecule has 1 aliphatic carbocycles. The normalized spacial score (nSPS) is 13.8. The molecule has 3 aromatic rings. The van der Waals surface area contributed by atoms with Gasteiger partial charge in [0.1, 0.15) is 11.1 Å². The Kier molecular flexibility index (Phi) is 8.04. The Morgan fingerprint density at radius 3 is 1.97 bits per heavy atom. The number of rotatable bonds is 8. The first-order valence-corrected chi connectivity index (χ1v) is 12.8. The van der Waals surface area contributed by atoms with E-state index in [1.165, 1.54) is 0 Å². The third-order valence-electron chi connectivity index (χ3n) is 6.79. The van der Waals surface area contributed by atoms with E-state index in [9.17, 15) is 14.4 Å². The smallest absolute Gasteiger partial charge is 0.259 e. The lowest BCUT2D eigenvalue weighted by Crippen LogP contribution is -2.38. The standard InChI is InChI=1S/C30H35N3O3/c1-21(2)18-32(3)30(36)26-20-33(24-16-10-11-17-24)19-25(28(26)34)29(35)31-27(22-12-6-4-7-13-22)23-14-8-5-9-15-23/h4-9,12-15,19-21,24,27H,10-11,16-18H2,1-3H3,(H,31,35). The summed E-state index contributed by atoms with van der Waals surface area (Å²) < 4.78 is 1.92. The van der Waals surface area contributed by atoms with Crippen molar-refractivity contribution in [1.82, 2.24) is 14.8 Å². The molecule has 1 N–H and O–H groups in total. The molecule has 1 heterocycles. The number of aromatic nitrogens is 1. The van der Waals surface area contributed by atoms with Gasteiger partial charge in [-0.25, -0.2) is 0 Å². The van der Waals surface area contributed by atoms with Crippen LogP contribution in [0.3, 0.4) is 0 Å². The van der Waals surface area contributed by atoms with Crippen LogP contribution in [-0.4, -0.2) is 34.9 Å². The van der Waals surface area contributed by atoms with Crippen molar-refractivity contribution in [2.75, 3.05) is 13.6 Å². The first kappa shape index (κ1) is 25.4. The second-order valence-electron chi connectivity index (χ2n) is 10.1. The van der Waals surface area contributed by atoms with Gasteiger partial charge < -0.3 is 14.8 Å². The third-order valence-corrected chi connectivity index (χ3v) is 6.79. The van der Waals surface area contributed by atoms with Crippen LogP contribution in [0.4, 0.5) is 0 Å². The van der Waals surface area contributed by atoms with Crippen LogP contribution in [0.25, 0.3) is 0 Å². The van der Waals surface area contributed by atoms with Crippen LogP contribution in [0.15, 0.2) is 77.9 Å². The Balaban J connectivity index is 1.74. The highest BCUT2D eigenvalue weighted by Gasteiger charge is 2.27. The van der Waals surface area contributed by atoms with Crippen LogP contribution in [0.1, 0.15) is 83.5 Å². The minimum atomic E-state index is -0.526. The average molecular weight is 486 g/mol. The van der Waals surface area contributed by atoms with E-state index in [0.717, 1.165) is 36.8 Å². The van der Waals surface area contributed by atoms with Gasteiger partial charge in [-0.3, -0.25) is 14.4 Å². The molecular weight excluding hydrogens is 450 g/mol. The second kappa shape index (κ2) is 11.4. The summed E-state index contributed by atoms with van der Waals surface area (Å²) in [6.45, 7) is 4.58. The summed E-state index contributed by atoms with van der Waals surface area (Å²) in [5.74, 6) is -0.566. The summed E-state index contributed by atoms with van der Waals surface area (Å²) in [6, 6.07) is 19.1. The monoisotopic (exact) mass is 485 g/mol. The number of nitrogens with zero attached hydrogens (tertiary/aromatic N) is 2. The molecule has 1 fully saturated rings. The molecular formula is C30H35N3O3. The molecule has 6 nitrogen and oxygen atoms in total. The predicted molar refractivity (Wildman–Crippen MR) is 142 cm³/mol. The van der Waals surface area contributed by atoms with Crippen LogP contribution in [0, 0.1) is 5.92 Å². The molecule has 1 aliphatic rings. The van der Waals surface area contributed by atoms with Crippen molar-refractivity contribution in [2.45, 2.75) is 51.6 Å². The molecule has 0 bridgehead atoms. The van der Waals surface area contributed by atoms with Gasteiger partial charge in [0.05, 0.1) is 6.04 Å². The summed E-state index contributed by atoms with van der Waals surface area (Å²) in [7, 11) is 1.70. The molecule has 4 rings (SSSR count). The molecule has 0 atom stereocenters. The Morgan fingerprint density at radius 1 is 0.917 bits per heavy atom. The van der Waals surface area contributed by atoms with Crippen LogP contribution >= 0.6 is 0 Å². The number of amides is 2. The Labute approximate surface area is 213 Å². The predicted octanol–water partition coefficient (Wildman–Crippen LogP) is 5.21. The minimum absolute atomic E-state index is 0.00237. The van der Waals surface area contributed by atoms with Gasteiger partial charge in [-0.05, 0) is 29.9 Å². The summed E-state index contributed by atoms with van der Waals surface area (Å²) in [6.07, 6.45) is 7.42. The van der Waals surface area contributed by atoms with Gasteiger partial charge in [-0.2, -0.15) is 0 Å². The van der Waals surface area contributed by atoms with Crippen molar-refractivity contribution < 1.29 is 9.59 Å². The van der Waals surface area contributed by atoms with Gasteiger partial charge in [-0.1, -0.05) is 87.4 Å². The topological polar surface area (TPSA) is 71.4 Å². The molecule has 0 saturated heterocycles. The lowest BCUT2D eigenvalue weighted by Gasteiger charge is -2.23. The molecule has 1 aromatic heterocycles. The van der Waals surface area contributed by atoms with Crippen LogP contribution in [0.2, 0.25) is 0 Å². The van der Waals surface area contributed by atoms with Gasteiger partial charge in [0.2, 0.25) is 5.43 Å². The van der Waals surface area contributed by atoms with E-state index in [1.807, 2.05) is 79.1 Å². The minimum Gasteiger partial charge on any atom is -0.349 e. The zero-order valence-electron chi connectivity index (χ0n) is 21.3. The van der Waals surface area contributed by atoms with E-state index in [1.54, 1.807) is 24.3 Å². The number of nitrogens with one attached hydrogen (secondary N) is 1. The highest BCUT2D eigenvalue weighted by Crippen LogP contribution is 2.30. The van der Waals surface area contributed by atoms with Crippen molar-refractivity contribution in [3.05, 3.63) is 106 Å². The molecule has 0 unspecified atom stereocenters. The summed E-state index contributed by atoms with van der Waals surface area (Å²) in [5, 5.41) is 3.07. The maximum absolute atomic E-state index is 13.7. The van der Waals surface area contributed by atoms with Crippen molar-refractivity contribution in [3.8, 4) is 0 Å². The van der Waals surface area contributed by atoms with Crippen molar-refractivity contribution in [3.63, 3.8) is 0 Å². The maximum Gasteiger partial charge on any atom is 0.259 e. The first-order valence-electron chi connectivity index (χ1n) is 12.8. The Morgan fingerprint density at radius 2 is 1.44 bits per heavy atom. The number of pyridine rings is 1.